The number of ether oxygens (including phenoxy) is 2. The van der Waals surface area contributed by atoms with Crippen LogP contribution in [-0.4, -0.2) is 31.5 Å². The van der Waals surface area contributed by atoms with E-state index in [-0.39, 0.29) is 29.1 Å². The molecule has 0 aliphatic heterocycles. The number of nitrogens with two attached hydrogens (primary N) is 1. The molecular formula is C20H30ClN3O2. The SMILES string of the molecule is CC(CCN)OCN[C@H]1C(C)(C)[C@H](Oc2ccc(C#N)c(Cl)c2)C1(C)C. The van der Waals surface area contributed by atoms with Gasteiger partial charge in [0.05, 0.1) is 23.4 Å². The Balaban J connectivity index is 2.01. The first-order valence-electron chi connectivity index (χ1n) is 9.06. The number of hydrogen-bond acceptors (Lipinski definition) is 5. The molecule has 6 heteroatoms. The fourth-order valence-electron chi connectivity index (χ4n) is 4.34. The normalized spacial score (nSPS) is 24.4. The van der Waals surface area contributed by atoms with Crippen LogP contribution in [0.25, 0.3) is 0 Å². The molecule has 1 unspecified atom stereocenters. The molecule has 0 aromatic heterocycles. The highest BCUT2D eigenvalue weighted by Gasteiger charge is 2.63. The highest BCUT2D eigenvalue weighted by Crippen LogP contribution is 2.55. The van der Waals surface area contributed by atoms with Gasteiger partial charge in [0.25, 0.3) is 0 Å². The quantitative estimate of drug-likeness (QED) is 0.673. The van der Waals surface area contributed by atoms with E-state index in [1.165, 1.54) is 0 Å². The molecule has 0 radical (unpaired) electrons. The number of nitrogens with zero attached hydrogens (tertiary/aromatic N) is 1. The number of benzene rings is 1. The molecule has 0 spiro atoms. The fourth-order valence-corrected chi connectivity index (χ4v) is 4.55. The monoisotopic (exact) mass is 379 g/mol. The Morgan fingerprint density at radius 3 is 2.50 bits per heavy atom. The van der Waals surface area contributed by atoms with E-state index in [1.54, 1.807) is 18.2 Å². The van der Waals surface area contributed by atoms with Gasteiger partial charge in [-0.25, -0.2) is 0 Å². The average Bonchev–Trinajstić information content (AvgIpc) is 2.56. The second kappa shape index (κ2) is 8.14. The topological polar surface area (TPSA) is 80.3 Å². The second-order valence-electron chi connectivity index (χ2n) is 8.23. The number of rotatable bonds is 8. The van der Waals surface area contributed by atoms with E-state index >= 15 is 0 Å². The summed E-state index contributed by atoms with van der Waals surface area (Å²) in [5, 5.41) is 12.9. The van der Waals surface area contributed by atoms with E-state index < -0.39 is 0 Å². The predicted octanol–water partition coefficient (Wildman–Crippen LogP) is 3.69. The van der Waals surface area contributed by atoms with Gasteiger partial charge in [-0.15, -0.1) is 0 Å². The molecular weight excluding hydrogens is 350 g/mol. The minimum Gasteiger partial charge on any atom is -0.489 e. The Kier molecular flexibility index (Phi) is 6.57. The number of nitrogens with one attached hydrogen (secondary N) is 1. The highest BCUT2D eigenvalue weighted by molar-refractivity contribution is 6.31. The number of halogens is 1. The van der Waals surface area contributed by atoms with Crippen LogP contribution in [0.15, 0.2) is 18.2 Å². The lowest BCUT2D eigenvalue weighted by atomic mass is 9.49. The van der Waals surface area contributed by atoms with Gasteiger partial charge in [-0.05, 0) is 32.0 Å². The maximum Gasteiger partial charge on any atom is 0.121 e. The molecule has 2 rings (SSSR count). The summed E-state index contributed by atoms with van der Waals surface area (Å²) in [5.74, 6) is 0.686. The maximum atomic E-state index is 9.00. The van der Waals surface area contributed by atoms with Gasteiger partial charge in [0, 0.05) is 22.9 Å². The van der Waals surface area contributed by atoms with Crippen LogP contribution in [0.2, 0.25) is 5.02 Å². The van der Waals surface area contributed by atoms with Crippen LogP contribution >= 0.6 is 11.6 Å². The molecule has 3 N–H and O–H groups in total. The van der Waals surface area contributed by atoms with Gasteiger partial charge in [-0.1, -0.05) is 39.3 Å². The van der Waals surface area contributed by atoms with Crippen molar-refractivity contribution in [2.75, 3.05) is 13.3 Å². The fraction of sp³-hybridized carbons (Fsp3) is 0.650. The van der Waals surface area contributed by atoms with Crippen molar-refractivity contribution in [1.29, 1.82) is 5.26 Å². The van der Waals surface area contributed by atoms with Crippen molar-refractivity contribution < 1.29 is 9.47 Å². The lowest BCUT2D eigenvalue weighted by Gasteiger charge is -2.63. The molecule has 0 bridgehead atoms. The molecule has 1 aromatic rings. The first-order chi connectivity index (χ1) is 12.1. The first-order valence-corrected chi connectivity index (χ1v) is 9.43. The van der Waals surface area contributed by atoms with Gasteiger partial charge in [0.1, 0.15) is 17.9 Å². The summed E-state index contributed by atoms with van der Waals surface area (Å²) in [6.45, 7) is 11.9. The number of nitriles is 1. The molecule has 1 fully saturated rings. The Labute approximate surface area is 161 Å². The zero-order valence-corrected chi connectivity index (χ0v) is 17.1. The van der Waals surface area contributed by atoms with Gasteiger partial charge >= 0.3 is 0 Å². The van der Waals surface area contributed by atoms with E-state index in [0.717, 1.165) is 6.42 Å². The Morgan fingerprint density at radius 2 is 1.96 bits per heavy atom. The summed E-state index contributed by atoms with van der Waals surface area (Å²) < 4.78 is 12.1. The van der Waals surface area contributed by atoms with E-state index in [0.29, 0.717) is 29.6 Å². The lowest BCUT2D eigenvalue weighted by molar-refractivity contribution is -0.176. The Bertz CT molecular complexity index is 654. The third kappa shape index (κ3) is 4.15. The minimum atomic E-state index is -0.0790. The number of hydrogen-bond donors (Lipinski definition) is 2. The van der Waals surface area contributed by atoms with E-state index in [9.17, 15) is 0 Å². The zero-order valence-electron chi connectivity index (χ0n) is 16.3. The van der Waals surface area contributed by atoms with Crippen molar-refractivity contribution in [2.45, 2.75) is 59.3 Å². The summed E-state index contributed by atoms with van der Waals surface area (Å²) in [6.07, 6.45) is 1.01. The van der Waals surface area contributed by atoms with Crippen molar-refractivity contribution in [3.63, 3.8) is 0 Å². The van der Waals surface area contributed by atoms with Crippen LogP contribution in [0.1, 0.15) is 46.6 Å². The van der Waals surface area contributed by atoms with E-state index in [2.05, 4.69) is 39.1 Å². The molecule has 0 heterocycles. The van der Waals surface area contributed by atoms with Crippen LogP contribution in [0, 0.1) is 22.2 Å². The Morgan fingerprint density at radius 1 is 1.31 bits per heavy atom. The average molecular weight is 380 g/mol. The third-order valence-corrected chi connectivity index (χ3v) is 5.70. The molecule has 0 amide bonds. The molecule has 1 atom stereocenters. The Hall–Kier alpha value is -1.32. The second-order valence-corrected chi connectivity index (χ2v) is 8.64. The predicted molar refractivity (Wildman–Crippen MR) is 104 cm³/mol. The molecule has 26 heavy (non-hydrogen) atoms. The van der Waals surface area contributed by atoms with Crippen molar-refractivity contribution in [3.8, 4) is 11.8 Å². The summed E-state index contributed by atoms with van der Waals surface area (Å²) in [7, 11) is 0. The van der Waals surface area contributed by atoms with Gasteiger partial charge < -0.3 is 15.2 Å². The summed E-state index contributed by atoms with van der Waals surface area (Å²) in [5.41, 5.74) is 5.86. The zero-order chi connectivity index (χ0) is 19.5. The molecule has 1 saturated carbocycles. The van der Waals surface area contributed by atoms with Crippen molar-refractivity contribution in [1.82, 2.24) is 5.32 Å². The molecule has 1 aliphatic rings. The van der Waals surface area contributed by atoms with Gasteiger partial charge in [0.15, 0.2) is 0 Å². The molecule has 5 nitrogen and oxygen atoms in total. The van der Waals surface area contributed by atoms with Crippen molar-refractivity contribution in [3.05, 3.63) is 28.8 Å². The molecule has 1 aliphatic carbocycles. The summed E-state index contributed by atoms with van der Waals surface area (Å²) >= 11 is 6.13. The largest absolute Gasteiger partial charge is 0.489 e. The van der Waals surface area contributed by atoms with Crippen molar-refractivity contribution in [2.24, 2.45) is 16.6 Å². The molecule has 1 aromatic carbocycles. The van der Waals surface area contributed by atoms with Crippen LogP contribution in [0.3, 0.4) is 0 Å². The minimum absolute atomic E-state index is 0.0120. The van der Waals surface area contributed by atoms with E-state index in [4.69, 9.17) is 32.1 Å². The van der Waals surface area contributed by atoms with Crippen LogP contribution in [-0.2, 0) is 4.74 Å². The molecule has 144 valence electrons. The van der Waals surface area contributed by atoms with Crippen LogP contribution < -0.4 is 15.8 Å². The summed E-state index contributed by atoms with van der Waals surface area (Å²) in [6, 6.07) is 7.52. The highest BCUT2D eigenvalue weighted by atomic mass is 35.5. The lowest BCUT2D eigenvalue weighted by Crippen LogP contribution is -2.74. The van der Waals surface area contributed by atoms with Gasteiger partial charge in [-0.2, -0.15) is 5.26 Å². The van der Waals surface area contributed by atoms with Gasteiger partial charge in [0.2, 0.25) is 0 Å². The first kappa shape index (κ1) is 21.0. The van der Waals surface area contributed by atoms with Gasteiger partial charge in [-0.3, -0.25) is 5.32 Å². The summed E-state index contributed by atoms with van der Waals surface area (Å²) in [4.78, 5) is 0. The smallest absolute Gasteiger partial charge is 0.121 e. The maximum absolute atomic E-state index is 9.00. The van der Waals surface area contributed by atoms with Crippen LogP contribution in [0.4, 0.5) is 0 Å². The molecule has 0 saturated heterocycles. The van der Waals surface area contributed by atoms with Crippen molar-refractivity contribution >= 4 is 11.6 Å². The third-order valence-electron chi connectivity index (χ3n) is 5.38. The van der Waals surface area contributed by atoms with E-state index in [1.807, 2.05) is 6.92 Å². The standard InChI is InChI=1S/C20H30ClN3O2/c1-13(8-9-22)25-12-24-17-19(2,3)18(20(17,4)5)26-15-7-6-14(11-23)16(21)10-15/h6-7,10,13,17-18,24H,8-9,12,22H2,1-5H3/t13?,17-,18-. The van der Waals surface area contributed by atoms with Crippen LogP contribution in [0.5, 0.6) is 5.75 Å².